The first kappa shape index (κ1) is 21.8. The molecular formula is C26H29N3O3. The van der Waals surface area contributed by atoms with Crippen LogP contribution in [0, 0.1) is 5.92 Å². The quantitative estimate of drug-likeness (QED) is 0.536. The number of hydrogen-bond donors (Lipinski definition) is 2. The highest BCUT2D eigenvalue weighted by molar-refractivity contribution is 5.94. The number of nitrogens with zero attached hydrogens (tertiary/aromatic N) is 1. The van der Waals surface area contributed by atoms with Gasteiger partial charge in [0, 0.05) is 31.7 Å². The maximum absolute atomic E-state index is 12.4. The van der Waals surface area contributed by atoms with Crippen LogP contribution in [0.15, 0.2) is 64.2 Å². The number of carbonyl (C=O) groups excluding carboxylic acids is 1. The molecule has 0 aliphatic carbocycles. The standard InChI is InChI=1S/C26H29N3O3/c1-18-12-15-29(16-13-18)23-22(24(30)25(23)31)28-17-20-7-9-21(10-8-20)26(32)27-14-11-19-5-3-2-4-6-19/h2-10,18,28H,11-17H2,1H3,(H,27,32). The third-order valence-electron chi connectivity index (χ3n) is 6.21. The molecular weight excluding hydrogens is 402 g/mol. The fourth-order valence-electron chi connectivity index (χ4n) is 4.11. The zero-order valence-electron chi connectivity index (χ0n) is 18.4. The van der Waals surface area contributed by atoms with Crippen LogP contribution in [0.25, 0.3) is 0 Å². The Morgan fingerprint density at radius 2 is 1.62 bits per heavy atom. The molecule has 1 saturated heterocycles. The van der Waals surface area contributed by atoms with Gasteiger partial charge in [-0.25, -0.2) is 0 Å². The number of amides is 1. The summed E-state index contributed by atoms with van der Waals surface area (Å²) in [5.74, 6) is 0.549. The molecule has 0 spiro atoms. The normalized spacial score (nSPS) is 14.5. The highest BCUT2D eigenvalue weighted by atomic mass is 16.2. The smallest absolute Gasteiger partial charge is 0.253 e. The van der Waals surface area contributed by atoms with Crippen molar-refractivity contribution in [1.82, 2.24) is 5.32 Å². The van der Waals surface area contributed by atoms with E-state index in [0.717, 1.165) is 37.9 Å². The molecule has 0 aromatic heterocycles. The van der Waals surface area contributed by atoms with E-state index in [9.17, 15) is 14.4 Å². The Bertz CT molecular complexity index is 1120. The van der Waals surface area contributed by atoms with Crippen LogP contribution < -0.4 is 26.4 Å². The van der Waals surface area contributed by atoms with Gasteiger partial charge in [0.05, 0.1) is 0 Å². The molecule has 32 heavy (non-hydrogen) atoms. The topological polar surface area (TPSA) is 78.5 Å². The van der Waals surface area contributed by atoms with Crippen molar-refractivity contribution < 1.29 is 4.79 Å². The number of nitrogens with one attached hydrogen (secondary N) is 2. The molecule has 3 aromatic rings. The Balaban J connectivity index is 1.30. The largest absolute Gasteiger partial charge is 0.376 e. The van der Waals surface area contributed by atoms with E-state index >= 15 is 0 Å². The number of benzene rings is 2. The lowest BCUT2D eigenvalue weighted by Gasteiger charge is -2.33. The number of carbonyl (C=O) groups is 1. The molecule has 2 N–H and O–H groups in total. The summed E-state index contributed by atoms with van der Waals surface area (Å²) in [4.78, 5) is 38.6. The number of piperidine rings is 1. The highest BCUT2D eigenvalue weighted by Gasteiger charge is 2.28. The molecule has 6 nitrogen and oxygen atoms in total. The van der Waals surface area contributed by atoms with Gasteiger partial charge in [-0.1, -0.05) is 49.4 Å². The Kier molecular flexibility index (Phi) is 6.69. The van der Waals surface area contributed by atoms with Gasteiger partial charge in [-0.15, -0.1) is 0 Å². The Labute approximate surface area is 188 Å². The third kappa shape index (κ3) is 4.90. The van der Waals surface area contributed by atoms with Crippen LogP contribution in [-0.2, 0) is 13.0 Å². The van der Waals surface area contributed by atoms with Crippen LogP contribution in [0.3, 0.4) is 0 Å². The third-order valence-corrected chi connectivity index (χ3v) is 6.21. The molecule has 1 aliphatic rings. The minimum absolute atomic E-state index is 0.107. The predicted molar refractivity (Wildman–Crippen MR) is 128 cm³/mol. The molecule has 1 aliphatic heterocycles. The molecule has 1 amide bonds. The predicted octanol–water partition coefficient (Wildman–Crippen LogP) is 3.10. The fraction of sp³-hybridized carbons (Fsp3) is 0.346. The number of hydrogen-bond acceptors (Lipinski definition) is 5. The summed E-state index contributed by atoms with van der Waals surface area (Å²) in [7, 11) is 0. The van der Waals surface area contributed by atoms with Crippen LogP contribution in [-0.4, -0.2) is 25.5 Å². The van der Waals surface area contributed by atoms with Gasteiger partial charge in [0.25, 0.3) is 16.8 Å². The van der Waals surface area contributed by atoms with E-state index in [1.807, 2.05) is 47.4 Å². The Hall–Kier alpha value is -3.41. The van der Waals surface area contributed by atoms with Crippen molar-refractivity contribution in [2.24, 2.45) is 5.92 Å². The summed E-state index contributed by atoms with van der Waals surface area (Å²) in [6.07, 6.45) is 2.86. The zero-order chi connectivity index (χ0) is 22.5. The monoisotopic (exact) mass is 431 g/mol. The van der Waals surface area contributed by atoms with Crippen LogP contribution in [0.2, 0.25) is 0 Å². The maximum atomic E-state index is 12.4. The van der Waals surface area contributed by atoms with Gasteiger partial charge in [0.15, 0.2) is 0 Å². The second-order valence-corrected chi connectivity index (χ2v) is 8.59. The molecule has 0 bridgehead atoms. The first-order chi connectivity index (χ1) is 15.5. The number of rotatable bonds is 8. The van der Waals surface area contributed by atoms with Crippen molar-refractivity contribution in [3.63, 3.8) is 0 Å². The van der Waals surface area contributed by atoms with Crippen LogP contribution in [0.5, 0.6) is 0 Å². The minimum atomic E-state index is -0.437. The summed E-state index contributed by atoms with van der Waals surface area (Å²) in [6.45, 7) is 4.85. The summed E-state index contributed by atoms with van der Waals surface area (Å²) in [5.41, 5.74) is 2.86. The van der Waals surface area contributed by atoms with Crippen LogP contribution in [0.1, 0.15) is 41.3 Å². The summed E-state index contributed by atoms with van der Waals surface area (Å²) >= 11 is 0. The highest BCUT2D eigenvalue weighted by Crippen LogP contribution is 2.26. The molecule has 0 saturated carbocycles. The molecule has 1 fully saturated rings. The van der Waals surface area contributed by atoms with Gasteiger partial charge in [0.1, 0.15) is 11.4 Å². The molecule has 0 atom stereocenters. The molecule has 3 aromatic carbocycles. The van der Waals surface area contributed by atoms with Gasteiger partial charge in [-0.3, -0.25) is 14.4 Å². The summed E-state index contributed by atoms with van der Waals surface area (Å²) in [5, 5.41) is 6.08. The van der Waals surface area contributed by atoms with Crippen molar-refractivity contribution in [2.45, 2.75) is 32.7 Å². The molecule has 0 unspecified atom stereocenters. The first-order valence-corrected chi connectivity index (χ1v) is 11.3. The van der Waals surface area contributed by atoms with E-state index < -0.39 is 5.43 Å². The van der Waals surface area contributed by atoms with E-state index in [1.165, 1.54) is 5.56 Å². The van der Waals surface area contributed by atoms with Crippen LogP contribution >= 0.6 is 0 Å². The molecule has 1 heterocycles. The van der Waals surface area contributed by atoms with Crippen molar-refractivity contribution in [3.05, 3.63) is 91.7 Å². The second-order valence-electron chi connectivity index (χ2n) is 8.59. The lowest BCUT2D eigenvalue weighted by molar-refractivity contribution is 0.0954. The molecule has 0 radical (unpaired) electrons. The van der Waals surface area contributed by atoms with Gasteiger partial charge in [-0.2, -0.15) is 0 Å². The first-order valence-electron chi connectivity index (χ1n) is 11.3. The van der Waals surface area contributed by atoms with Gasteiger partial charge in [-0.05, 0) is 48.4 Å². The fourth-order valence-corrected chi connectivity index (χ4v) is 4.11. The average Bonchev–Trinajstić information content (AvgIpc) is 2.83. The van der Waals surface area contributed by atoms with Crippen molar-refractivity contribution in [3.8, 4) is 0 Å². The molecule has 4 rings (SSSR count). The Morgan fingerprint density at radius 3 is 2.31 bits per heavy atom. The lowest BCUT2D eigenvalue weighted by atomic mass is 9.98. The van der Waals surface area contributed by atoms with E-state index in [4.69, 9.17) is 0 Å². The zero-order valence-corrected chi connectivity index (χ0v) is 18.4. The minimum Gasteiger partial charge on any atom is -0.376 e. The van der Waals surface area contributed by atoms with E-state index in [-0.39, 0.29) is 11.3 Å². The van der Waals surface area contributed by atoms with E-state index in [2.05, 4.69) is 17.6 Å². The summed E-state index contributed by atoms with van der Waals surface area (Å²) in [6, 6.07) is 17.3. The van der Waals surface area contributed by atoms with E-state index in [1.54, 1.807) is 12.1 Å². The average molecular weight is 432 g/mol. The lowest BCUT2D eigenvalue weighted by Crippen LogP contribution is -2.45. The van der Waals surface area contributed by atoms with Gasteiger partial charge < -0.3 is 15.5 Å². The van der Waals surface area contributed by atoms with Crippen molar-refractivity contribution in [1.29, 1.82) is 0 Å². The number of anilines is 2. The van der Waals surface area contributed by atoms with E-state index in [0.29, 0.717) is 35.9 Å². The maximum Gasteiger partial charge on any atom is 0.253 e. The second kappa shape index (κ2) is 9.81. The molecule has 166 valence electrons. The Morgan fingerprint density at radius 1 is 0.938 bits per heavy atom. The molecule has 6 heteroatoms. The SMILES string of the molecule is CC1CCN(c2c(NCc3ccc(C(=O)NCCc4ccccc4)cc3)c(=O)c2=O)CC1. The summed E-state index contributed by atoms with van der Waals surface area (Å²) < 4.78 is 0. The van der Waals surface area contributed by atoms with Crippen molar-refractivity contribution in [2.75, 3.05) is 29.9 Å². The van der Waals surface area contributed by atoms with Gasteiger partial charge >= 0.3 is 0 Å². The van der Waals surface area contributed by atoms with Crippen LogP contribution in [0.4, 0.5) is 11.4 Å². The van der Waals surface area contributed by atoms with Gasteiger partial charge in [0.2, 0.25) is 0 Å². The van der Waals surface area contributed by atoms with Crippen molar-refractivity contribution >= 4 is 17.3 Å².